The molecule has 2 nitrogen and oxygen atoms in total. The van der Waals surface area contributed by atoms with Crippen molar-refractivity contribution in [3.63, 3.8) is 0 Å². The lowest BCUT2D eigenvalue weighted by molar-refractivity contribution is 0.669. The van der Waals surface area contributed by atoms with E-state index >= 15 is 0 Å². The molecular weight excluding hydrogens is 763 g/mol. The number of fused-ring (bicyclic) bond motifs is 6. The van der Waals surface area contributed by atoms with Gasteiger partial charge in [-0.2, -0.15) is 0 Å². The van der Waals surface area contributed by atoms with Crippen LogP contribution in [0.15, 0.2) is 253 Å². The summed E-state index contributed by atoms with van der Waals surface area (Å²) >= 11 is 0. The van der Waals surface area contributed by atoms with Crippen molar-refractivity contribution in [2.75, 3.05) is 4.90 Å². The minimum Gasteiger partial charge on any atom is -0.456 e. The van der Waals surface area contributed by atoms with E-state index in [1.54, 1.807) is 0 Å². The highest BCUT2D eigenvalue weighted by molar-refractivity contribution is 6.06. The number of furan rings is 1. The van der Waals surface area contributed by atoms with Crippen LogP contribution in [0.3, 0.4) is 0 Å². The molecule has 1 aliphatic rings. The minimum absolute atomic E-state index is 0.666. The Morgan fingerprint density at radius 2 is 0.810 bits per heavy atom. The van der Waals surface area contributed by atoms with Crippen molar-refractivity contribution >= 4 is 39.0 Å². The van der Waals surface area contributed by atoms with Gasteiger partial charge in [-0.25, -0.2) is 0 Å². The van der Waals surface area contributed by atoms with Crippen LogP contribution in [-0.4, -0.2) is 0 Å². The third-order valence-electron chi connectivity index (χ3n) is 13.0. The van der Waals surface area contributed by atoms with E-state index in [1.807, 2.05) is 12.1 Å². The van der Waals surface area contributed by atoms with Gasteiger partial charge in [0.2, 0.25) is 0 Å². The lowest BCUT2D eigenvalue weighted by Gasteiger charge is -2.39. The van der Waals surface area contributed by atoms with Gasteiger partial charge in [0.1, 0.15) is 11.2 Å². The lowest BCUT2D eigenvalue weighted by atomic mass is 9.65. The molecule has 0 saturated heterocycles. The molecule has 0 saturated carbocycles. The second-order valence-electron chi connectivity index (χ2n) is 16.4. The summed E-state index contributed by atoms with van der Waals surface area (Å²) in [5.41, 5.74) is 18.9. The molecule has 0 spiro atoms. The standard InChI is InChI=1S/C61H41NO/c1-4-17-42(18-5-1)43-31-36-48(37-32-43)62(49-38-33-44(34-39-49)46-35-40-53-52-25-12-15-30-58(52)63-59(53)41-46)57-29-16-26-54-51-24-11-14-28-56(51)61(60(54)57,47-21-8-3-9-22-47)55-27-13-10-23-50(55)45-19-6-2-7-20-45/h1-41H. The number of hydrogen-bond acceptors (Lipinski definition) is 2. The molecule has 0 fully saturated rings. The van der Waals surface area contributed by atoms with Crippen molar-refractivity contribution in [3.05, 3.63) is 271 Å². The summed E-state index contributed by atoms with van der Waals surface area (Å²) in [6.07, 6.45) is 0. The van der Waals surface area contributed by atoms with Gasteiger partial charge >= 0.3 is 0 Å². The average Bonchev–Trinajstić information content (AvgIpc) is 3.89. The van der Waals surface area contributed by atoms with Gasteiger partial charge in [0.25, 0.3) is 0 Å². The van der Waals surface area contributed by atoms with Crippen LogP contribution in [0, 0.1) is 0 Å². The van der Waals surface area contributed by atoms with Gasteiger partial charge in [0, 0.05) is 27.7 Å². The first-order valence-electron chi connectivity index (χ1n) is 21.7. The summed E-state index contributed by atoms with van der Waals surface area (Å²) in [5.74, 6) is 0. The fourth-order valence-electron chi connectivity index (χ4n) is 10.2. The average molecular weight is 804 g/mol. The second kappa shape index (κ2) is 15.1. The Hall–Kier alpha value is -8.20. The smallest absolute Gasteiger partial charge is 0.136 e. The number of nitrogens with zero attached hydrogens (tertiary/aromatic N) is 1. The van der Waals surface area contributed by atoms with Crippen LogP contribution < -0.4 is 4.90 Å². The third-order valence-corrected chi connectivity index (χ3v) is 13.0. The van der Waals surface area contributed by atoms with E-state index in [4.69, 9.17) is 4.42 Å². The van der Waals surface area contributed by atoms with Gasteiger partial charge in [0.05, 0.1) is 11.1 Å². The van der Waals surface area contributed by atoms with Crippen LogP contribution in [0.2, 0.25) is 0 Å². The molecule has 0 radical (unpaired) electrons. The Bertz CT molecular complexity index is 3430. The maximum atomic E-state index is 6.32. The van der Waals surface area contributed by atoms with E-state index in [-0.39, 0.29) is 0 Å². The fourth-order valence-corrected chi connectivity index (χ4v) is 10.2. The summed E-state index contributed by atoms with van der Waals surface area (Å²) in [4.78, 5) is 2.47. The molecule has 1 heterocycles. The molecule has 0 aliphatic heterocycles. The maximum absolute atomic E-state index is 6.32. The van der Waals surface area contributed by atoms with Crippen LogP contribution >= 0.6 is 0 Å². The molecule has 1 atom stereocenters. The Morgan fingerprint density at radius 1 is 0.317 bits per heavy atom. The first-order chi connectivity index (χ1) is 31.3. The summed E-state index contributed by atoms with van der Waals surface area (Å²) in [7, 11) is 0. The van der Waals surface area contributed by atoms with Gasteiger partial charge in [0.15, 0.2) is 0 Å². The zero-order valence-corrected chi connectivity index (χ0v) is 34.5. The molecule has 0 amide bonds. The molecule has 12 rings (SSSR count). The first-order valence-corrected chi connectivity index (χ1v) is 21.7. The van der Waals surface area contributed by atoms with E-state index < -0.39 is 5.41 Å². The van der Waals surface area contributed by atoms with Crippen LogP contribution in [0.5, 0.6) is 0 Å². The molecular formula is C61H41NO. The Morgan fingerprint density at radius 3 is 1.51 bits per heavy atom. The molecule has 1 unspecified atom stereocenters. The molecule has 10 aromatic carbocycles. The Labute approximate surface area is 367 Å². The normalized spacial score (nSPS) is 14.1. The number of hydrogen-bond donors (Lipinski definition) is 0. The molecule has 1 aliphatic carbocycles. The molecule has 296 valence electrons. The fraction of sp³-hybridized carbons (Fsp3) is 0.0164. The van der Waals surface area contributed by atoms with E-state index in [2.05, 4.69) is 241 Å². The monoisotopic (exact) mass is 803 g/mol. The highest BCUT2D eigenvalue weighted by Crippen LogP contribution is 2.61. The number of benzene rings is 10. The van der Waals surface area contributed by atoms with E-state index in [9.17, 15) is 0 Å². The van der Waals surface area contributed by atoms with Crippen LogP contribution in [-0.2, 0) is 5.41 Å². The summed E-state index contributed by atoms with van der Waals surface area (Å²) in [6.45, 7) is 0. The molecule has 2 heteroatoms. The van der Waals surface area contributed by atoms with Crippen molar-refractivity contribution in [1.29, 1.82) is 0 Å². The number of rotatable bonds is 8. The van der Waals surface area contributed by atoms with Gasteiger partial charge in [-0.05, 0) is 110 Å². The lowest BCUT2D eigenvalue weighted by Crippen LogP contribution is -2.31. The Kier molecular flexibility index (Phi) is 8.76. The predicted octanol–water partition coefficient (Wildman–Crippen LogP) is 16.4. The minimum atomic E-state index is -0.666. The summed E-state index contributed by atoms with van der Waals surface area (Å²) in [6, 6.07) is 90.5. The van der Waals surface area contributed by atoms with Crippen LogP contribution in [0.4, 0.5) is 17.1 Å². The van der Waals surface area contributed by atoms with Crippen molar-refractivity contribution in [1.82, 2.24) is 0 Å². The highest BCUT2D eigenvalue weighted by atomic mass is 16.3. The van der Waals surface area contributed by atoms with E-state index in [0.29, 0.717) is 0 Å². The topological polar surface area (TPSA) is 16.4 Å². The van der Waals surface area contributed by atoms with Crippen LogP contribution in [0.25, 0.3) is 66.4 Å². The van der Waals surface area contributed by atoms with Crippen molar-refractivity contribution in [3.8, 4) is 44.5 Å². The summed E-state index contributed by atoms with van der Waals surface area (Å²) in [5, 5.41) is 2.27. The zero-order chi connectivity index (χ0) is 41.7. The number of anilines is 3. The van der Waals surface area contributed by atoms with Gasteiger partial charge < -0.3 is 9.32 Å². The largest absolute Gasteiger partial charge is 0.456 e. The quantitative estimate of drug-likeness (QED) is 0.152. The molecule has 63 heavy (non-hydrogen) atoms. The van der Waals surface area contributed by atoms with Crippen molar-refractivity contribution < 1.29 is 4.42 Å². The predicted molar refractivity (Wildman–Crippen MR) is 262 cm³/mol. The second-order valence-corrected chi connectivity index (χ2v) is 16.4. The number of para-hydroxylation sites is 1. The maximum Gasteiger partial charge on any atom is 0.136 e. The van der Waals surface area contributed by atoms with Gasteiger partial charge in [-0.1, -0.05) is 200 Å². The van der Waals surface area contributed by atoms with E-state index in [1.165, 1.54) is 55.6 Å². The molecule has 0 N–H and O–H groups in total. The van der Waals surface area contributed by atoms with Gasteiger partial charge in [-0.3, -0.25) is 0 Å². The SMILES string of the molecule is c1ccc(-c2ccc(N(c3ccc(-c4ccc5c(c4)oc4ccccc45)cc3)c3cccc4c3C(c3ccccc3)(c3ccccc3-c3ccccc3)c3ccccc3-4)cc2)cc1. The van der Waals surface area contributed by atoms with Crippen molar-refractivity contribution in [2.45, 2.75) is 5.41 Å². The van der Waals surface area contributed by atoms with Crippen LogP contribution in [0.1, 0.15) is 22.3 Å². The highest BCUT2D eigenvalue weighted by Gasteiger charge is 2.49. The Balaban J connectivity index is 1.10. The van der Waals surface area contributed by atoms with Crippen molar-refractivity contribution in [2.24, 2.45) is 0 Å². The molecule has 0 bridgehead atoms. The zero-order valence-electron chi connectivity index (χ0n) is 34.5. The first kappa shape index (κ1) is 36.6. The van der Waals surface area contributed by atoms with Gasteiger partial charge in [-0.15, -0.1) is 0 Å². The molecule has 1 aromatic heterocycles. The summed E-state index contributed by atoms with van der Waals surface area (Å²) < 4.78 is 6.32. The molecule has 11 aromatic rings. The van der Waals surface area contributed by atoms with E-state index in [0.717, 1.165) is 50.1 Å². The third kappa shape index (κ3) is 5.95.